The van der Waals surface area contributed by atoms with Gasteiger partial charge in [-0.15, -0.1) is 0 Å². The van der Waals surface area contributed by atoms with Crippen LogP contribution in [0.5, 0.6) is 11.5 Å². The number of hydrogen-bond donors (Lipinski definition) is 3. The number of rotatable bonds is 7. The van der Waals surface area contributed by atoms with Crippen LogP contribution in [0.4, 0.5) is 0 Å². The number of carboxylic acids is 1. The fourth-order valence-electron chi connectivity index (χ4n) is 1.58. The van der Waals surface area contributed by atoms with Crippen molar-refractivity contribution in [2.75, 3.05) is 0 Å². The summed E-state index contributed by atoms with van der Waals surface area (Å²) in [6, 6.07) is 3.93. The summed E-state index contributed by atoms with van der Waals surface area (Å²) in [7, 11) is 0. The third-order valence-electron chi connectivity index (χ3n) is 2.60. The number of phenolic OH excluding ortho intramolecular Hbond substituents is 1. The highest BCUT2D eigenvalue weighted by Crippen LogP contribution is 2.28. The lowest BCUT2D eigenvalue weighted by molar-refractivity contribution is -0.151. The van der Waals surface area contributed by atoms with Crippen LogP contribution < -0.4 is 4.74 Å². The third-order valence-corrected chi connectivity index (χ3v) is 2.60. The van der Waals surface area contributed by atoms with Gasteiger partial charge in [-0.05, 0) is 37.6 Å². The van der Waals surface area contributed by atoms with E-state index in [4.69, 9.17) is 14.6 Å². The van der Waals surface area contributed by atoms with Crippen molar-refractivity contribution in [1.82, 2.24) is 0 Å². The number of carbonyl (C=O) groups is 3. The zero-order valence-corrected chi connectivity index (χ0v) is 13.1. The number of carboxylic acid groups (broad SMARTS) is 1. The minimum atomic E-state index is -1.86. The van der Waals surface area contributed by atoms with Gasteiger partial charge in [0, 0.05) is 6.08 Å². The van der Waals surface area contributed by atoms with Gasteiger partial charge in [0.1, 0.15) is 0 Å². The van der Waals surface area contributed by atoms with Gasteiger partial charge in [0.25, 0.3) is 0 Å². The second kappa shape index (κ2) is 8.68. The smallest absolute Gasteiger partial charge is 0.341 e. The van der Waals surface area contributed by atoms with Crippen LogP contribution in [0, 0.1) is 0 Å². The van der Waals surface area contributed by atoms with Crippen LogP contribution >= 0.6 is 0 Å². The van der Waals surface area contributed by atoms with E-state index >= 15 is 0 Å². The summed E-state index contributed by atoms with van der Waals surface area (Å²) in [6.45, 7) is 3.40. The van der Waals surface area contributed by atoms with Crippen LogP contribution in [0.3, 0.4) is 0 Å². The lowest BCUT2D eigenvalue weighted by atomic mass is 10.2. The molecule has 0 saturated heterocycles. The van der Waals surface area contributed by atoms with Crippen molar-refractivity contribution in [2.24, 2.45) is 0 Å². The number of aliphatic carboxylic acids is 1. The van der Waals surface area contributed by atoms with Gasteiger partial charge in [-0.25, -0.2) is 9.59 Å². The number of aliphatic hydroxyl groups excluding tert-OH is 1. The number of phenols is 1. The monoisotopic (exact) mass is 338 g/mol. The molecule has 130 valence electrons. The van der Waals surface area contributed by atoms with Crippen molar-refractivity contribution >= 4 is 24.0 Å². The number of carbonyl (C=O) groups excluding carboxylic acids is 2. The lowest BCUT2D eigenvalue weighted by Crippen LogP contribution is -2.28. The highest BCUT2D eigenvalue weighted by atomic mass is 16.6. The normalized spacial score (nSPS) is 12.2. The maximum Gasteiger partial charge on any atom is 0.341 e. The predicted octanol–water partition coefficient (Wildman–Crippen LogP) is 1.10. The van der Waals surface area contributed by atoms with Gasteiger partial charge in [0.2, 0.25) is 0 Å². The average Bonchev–Trinajstić information content (AvgIpc) is 2.46. The molecule has 1 aromatic rings. The molecule has 0 aliphatic carbocycles. The largest absolute Gasteiger partial charge is 0.504 e. The van der Waals surface area contributed by atoms with Crippen LogP contribution in [0.2, 0.25) is 0 Å². The SMILES string of the molecule is CC(C)OC(=O)/C=C/c1ccc(O)c(OC(=O)C(O)CC(=O)O)c1. The van der Waals surface area contributed by atoms with Crippen molar-refractivity contribution in [1.29, 1.82) is 0 Å². The topological polar surface area (TPSA) is 130 Å². The molecule has 1 unspecified atom stereocenters. The zero-order valence-electron chi connectivity index (χ0n) is 13.1. The van der Waals surface area contributed by atoms with E-state index in [2.05, 4.69) is 0 Å². The first-order valence-electron chi connectivity index (χ1n) is 7.02. The quantitative estimate of drug-likeness (QED) is 0.383. The van der Waals surface area contributed by atoms with E-state index in [-0.39, 0.29) is 17.6 Å². The van der Waals surface area contributed by atoms with Crippen LogP contribution in [0.15, 0.2) is 24.3 Å². The summed E-state index contributed by atoms with van der Waals surface area (Å²) in [5.74, 6) is -3.80. The Kier molecular flexibility index (Phi) is 6.94. The molecule has 24 heavy (non-hydrogen) atoms. The van der Waals surface area contributed by atoms with E-state index in [1.807, 2.05) is 0 Å². The van der Waals surface area contributed by atoms with Gasteiger partial charge < -0.3 is 24.8 Å². The molecule has 0 amide bonds. The first kappa shape index (κ1) is 19.2. The number of ether oxygens (including phenoxy) is 2. The fourth-order valence-corrected chi connectivity index (χ4v) is 1.58. The molecule has 0 aromatic heterocycles. The third kappa shape index (κ3) is 6.49. The van der Waals surface area contributed by atoms with E-state index < -0.39 is 30.4 Å². The van der Waals surface area contributed by atoms with E-state index in [0.29, 0.717) is 5.56 Å². The van der Waals surface area contributed by atoms with Gasteiger partial charge in [-0.3, -0.25) is 4.79 Å². The standard InChI is InChI=1S/C16H18O8/c1-9(2)23-15(21)6-4-10-3-5-11(17)13(7-10)24-16(22)12(18)8-14(19)20/h3-7,9,12,17-18H,8H2,1-2H3,(H,19,20)/b6-4+. The molecular weight excluding hydrogens is 320 g/mol. The summed E-state index contributed by atoms with van der Waals surface area (Å²) >= 11 is 0. The van der Waals surface area contributed by atoms with Crippen molar-refractivity contribution in [3.05, 3.63) is 29.8 Å². The van der Waals surface area contributed by atoms with E-state index in [9.17, 15) is 24.6 Å². The number of aromatic hydroxyl groups is 1. The molecule has 0 aliphatic heterocycles. The zero-order chi connectivity index (χ0) is 18.3. The summed E-state index contributed by atoms with van der Waals surface area (Å²) in [5.41, 5.74) is 0.420. The lowest BCUT2D eigenvalue weighted by Gasteiger charge is -2.10. The predicted molar refractivity (Wildman–Crippen MR) is 82.3 cm³/mol. The Morgan fingerprint density at radius 1 is 1.25 bits per heavy atom. The molecule has 3 N–H and O–H groups in total. The molecule has 0 bridgehead atoms. The highest BCUT2D eigenvalue weighted by Gasteiger charge is 2.22. The van der Waals surface area contributed by atoms with Crippen molar-refractivity contribution in [3.63, 3.8) is 0 Å². The Labute approximate surface area is 137 Å². The minimum Gasteiger partial charge on any atom is -0.504 e. The van der Waals surface area contributed by atoms with Crippen molar-refractivity contribution in [3.8, 4) is 11.5 Å². The van der Waals surface area contributed by atoms with E-state index in [0.717, 1.165) is 6.08 Å². The molecule has 1 atom stereocenters. The maximum atomic E-state index is 11.6. The van der Waals surface area contributed by atoms with E-state index in [1.54, 1.807) is 13.8 Å². The number of aliphatic hydroxyl groups is 1. The number of hydrogen-bond acceptors (Lipinski definition) is 7. The molecule has 0 saturated carbocycles. The van der Waals surface area contributed by atoms with Crippen LogP contribution in [0.25, 0.3) is 6.08 Å². The molecule has 0 spiro atoms. The molecular formula is C16H18O8. The van der Waals surface area contributed by atoms with Gasteiger partial charge >= 0.3 is 17.9 Å². The van der Waals surface area contributed by atoms with Crippen molar-refractivity contribution in [2.45, 2.75) is 32.5 Å². The van der Waals surface area contributed by atoms with Gasteiger partial charge in [0.05, 0.1) is 12.5 Å². The fraction of sp³-hybridized carbons (Fsp3) is 0.312. The minimum absolute atomic E-state index is 0.269. The average molecular weight is 338 g/mol. The van der Waals surface area contributed by atoms with Gasteiger partial charge in [-0.1, -0.05) is 6.07 Å². The summed E-state index contributed by atoms with van der Waals surface area (Å²) < 4.78 is 9.68. The Balaban J connectivity index is 2.83. The summed E-state index contributed by atoms with van der Waals surface area (Å²) in [4.78, 5) is 33.4. The van der Waals surface area contributed by atoms with Crippen LogP contribution in [0.1, 0.15) is 25.8 Å². The van der Waals surface area contributed by atoms with Crippen LogP contribution in [-0.4, -0.2) is 45.4 Å². The molecule has 1 aromatic carbocycles. The van der Waals surface area contributed by atoms with Gasteiger partial charge in [-0.2, -0.15) is 0 Å². The Morgan fingerprint density at radius 3 is 2.50 bits per heavy atom. The maximum absolute atomic E-state index is 11.6. The second-order valence-electron chi connectivity index (χ2n) is 5.08. The summed E-state index contributed by atoms with van der Waals surface area (Å²) in [6.07, 6.45) is -0.400. The van der Waals surface area contributed by atoms with Gasteiger partial charge in [0.15, 0.2) is 17.6 Å². The Hall–Kier alpha value is -2.87. The Bertz CT molecular complexity index is 647. The Morgan fingerprint density at radius 2 is 1.92 bits per heavy atom. The highest BCUT2D eigenvalue weighted by molar-refractivity contribution is 5.87. The molecule has 0 aliphatic rings. The first-order valence-corrected chi connectivity index (χ1v) is 7.02. The number of esters is 2. The van der Waals surface area contributed by atoms with Crippen molar-refractivity contribution < 1.29 is 39.2 Å². The number of benzene rings is 1. The van der Waals surface area contributed by atoms with E-state index in [1.165, 1.54) is 24.3 Å². The molecule has 0 heterocycles. The molecule has 8 heteroatoms. The molecule has 8 nitrogen and oxygen atoms in total. The first-order chi connectivity index (χ1) is 11.2. The summed E-state index contributed by atoms with van der Waals surface area (Å²) in [5, 5.41) is 27.5. The molecule has 0 fully saturated rings. The van der Waals surface area contributed by atoms with Crippen LogP contribution in [-0.2, 0) is 19.1 Å². The second-order valence-corrected chi connectivity index (χ2v) is 5.08. The molecule has 1 rings (SSSR count). The molecule has 0 radical (unpaired) electrons.